The number of nitrogens with zero attached hydrogens (tertiary/aromatic N) is 2. The van der Waals surface area contributed by atoms with Crippen molar-refractivity contribution < 1.29 is 13.2 Å². The lowest BCUT2D eigenvalue weighted by molar-refractivity contribution is 0.400. The number of hydrogen-bond acceptors (Lipinski definition) is 5. The molecule has 0 bridgehead atoms. The molecular formula is C11H19N3O3S. The van der Waals surface area contributed by atoms with E-state index in [1.165, 1.54) is 7.11 Å². The van der Waals surface area contributed by atoms with Gasteiger partial charge in [-0.25, -0.2) is 13.4 Å². The van der Waals surface area contributed by atoms with Gasteiger partial charge < -0.3 is 9.64 Å². The normalized spacial score (nSPS) is 11.4. The Morgan fingerprint density at radius 3 is 2.44 bits per heavy atom. The number of methoxy groups -OCH3 is 1. The molecule has 0 saturated carbocycles. The fourth-order valence-corrected chi connectivity index (χ4v) is 2.03. The van der Waals surface area contributed by atoms with Crippen molar-refractivity contribution in [2.45, 2.75) is 19.1 Å². The number of sulfonamides is 1. The van der Waals surface area contributed by atoms with E-state index in [-0.39, 0.29) is 5.88 Å². The average molecular weight is 273 g/mol. The molecule has 7 heteroatoms. The molecule has 1 rings (SSSR count). The average Bonchev–Trinajstić information content (AvgIpc) is 2.28. The molecule has 1 heterocycles. The Balaban J connectivity index is 3.29. The Kier molecular flexibility index (Phi) is 4.39. The van der Waals surface area contributed by atoms with Gasteiger partial charge in [-0.1, -0.05) is 0 Å². The second-order valence-corrected chi connectivity index (χ2v) is 6.54. The number of hydrogen-bond donors (Lipinski definition) is 1. The number of rotatable bonds is 5. The molecule has 0 radical (unpaired) electrons. The van der Waals surface area contributed by atoms with Crippen LogP contribution in [-0.4, -0.2) is 39.9 Å². The smallest absolute Gasteiger partial charge is 0.240 e. The molecule has 18 heavy (non-hydrogen) atoms. The van der Waals surface area contributed by atoms with Crippen LogP contribution in [0.15, 0.2) is 12.3 Å². The maximum Gasteiger partial charge on any atom is 0.240 e. The van der Waals surface area contributed by atoms with Crippen molar-refractivity contribution in [3.63, 3.8) is 0 Å². The first-order chi connectivity index (χ1) is 8.29. The van der Waals surface area contributed by atoms with Crippen molar-refractivity contribution in [2.75, 3.05) is 30.8 Å². The summed E-state index contributed by atoms with van der Waals surface area (Å²) in [6, 6.07) is 1.72. The van der Waals surface area contributed by atoms with Gasteiger partial charge in [0.15, 0.2) is 0 Å². The number of aromatic nitrogens is 1. The van der Waals surface area contributed by atoms with Gasteiger partial charge in [0.2, 0.25) is 15.9 Å². The van der Waals surface area contributed by atoms with E-state index in [0.717, 1.165) is 0 Å². The molecule has 1 aromatic rings. The highest BCUT2D eigenvalue weighted by Gasteiger charge is 2.21. The van der Waals surface area contributed by atoms with Crippen LogP contribution in [-0.2, 0) is 10.0 Å². The van der Waals surface area contributed by atoms with Gasteiger partial charge >= 0.3 is 0 Å². The third kappa shape index (κ3) is 3.04. The predicted octanol–water partition coefficient (Wildman–Crippen LogP) is 1.31. The lowest BCUT2D eigenvalue weighted by Gasteiger charge is -2.20. The van der Waals surface area contributed by atoms with Crippen LogP contribution in [0.4, 0.5) is 11.4 Å². The van der Waals surface area contributed by atoms with E-state index < -0.39 is 15.3 Å². The SMILES string of the molecule is COc1nccc(N(C)C)c1NS(=O)(=O)C(C)C. The summed E-state index contributed by atoms with van der Waals surface area (Å²) in [7, 11) is 1.66. The molecule has 0 aromatic carbocycles. The standard InChI is InChI=1S/C11H19N3O3S/c1-8(2)18(15,16)13-10-9(14(3)4)6-7-12-11(10)17-5/h6-8,13H,1-5H3. The highest BCUT2D eigenvalue weighted by molar-refractivity contribution is 7.93. The number of pyridine rings is 1. The molecule has 0 aliphatic heterocycles. The van der Waals surface area contributed by atoms with E-state index in [2.05, 4.69) is 9.71 Å². The minimum Gasteiger partial charge on any atom is -0.479 e. The molecule has 0 aliphatic rings. The third-order valence-electron chi connectivity index (χ3n) is 2.43. The van der Waals surface area contributed by atoms with Gasteiger partial charge in [-0.3, -0.25) is 4.72 Å². The van der Waals surface area contributed by atoms with Gasteiger partial charge in [-0.2, -0.15) is 0 Å². The summed E-state index contributed by atoms with van der Waals surface area (Å²) in [6.45, 7) is 3.22. The molecule has 1 N–H and O–H groups in total. The van der Waals surface area contributed by atoms with E-state index in [0.29, 0.717) is 11.4 Å². The van der Waals surface area contributed by atoms with Crippen molar-refractivity contribution in [3.8, 4) is 5.88 Å². The first-order valence-corrected chi connectivity index (χ1v) is 7.06. The third-order valence-corrected chi connectivity index (χ3v) is 4.16. The minimum atomic E-state index is -3.44. The largest absolute Gasteiger partial charge is 0.479 e. The fourth-order valence-electron chi connectivity index (χ4n) is 1.32. The Bertz CT molecular complexity index is 512. The highest BCUT2D eigenvalue weighted by atomic mass is 32.2. The number of ether oxygens (including phenoxy) is 1. The van der Waals surface area contributed by atoms with Gasteiger partial charge in [0, 0.05) is 20.3 Å². The summed E-state index contributed by atoms with van der Waals surface area (Å²) in [6.07, 6.45) is 1.57. The summed E-state index contributed by atoms with van der Waals surface area (Å²) < 4.78 is 31.5. The van der Waals surface area contributed by atoms with Crippen molar-refractivity contribution >= 4 is 21.4 Å². The summed E-state index contributed by atoms with van der Waals surface area (Å²) >= 11 is 0. The van der Waals surface area contributed by atoms with Crippen LogP contribution in [0, 0.1) is 0 Å². The topological polar surface area (TPSA) is 71.5 Å². The second-order valence-electron chi connectivity index (χ2n) is 4.30. The van der Waals surface area contributed by atoms with Gasteiger partial charge in [-0.15, -0.1) is 0 Å². The zero-order valence-corrected chi connectivity index (χ0v) is 12.1. The summed E-state index contributed by atoms with van der Waals surface area (Å²) in [5.41, 5.74) is 1.06. The Morgan fingerprint density at radius 1 is 1.39 bits per heavy atom. The van der Waals surface area contributed by atoms with Crippen LogP contribution >= 0.6 is 0 Å². The van der Waals surface area contributed by atoms with Crippen molar-refractivity contribution in [1.29, 1.82) is 0 Å². The second kappa shape index (κ2) is 5.43. The molecule has 0 spiro atoms. The van der Waals surface area contributed by atoms with E-state index >= 15 is 0 Å². The van der Waals surface area contributed by atoms with Crippen LogP contribution in [0.25, 0.3) is 0 Å². The lowest BCUT2D eigenvalue weighted by atomic mass is 10.3. The molecule has 102 valence electrons. The van der Waals surface area contributed by atoms with Crippen LogP contribution in [0.1, 0.15) is 13.8 Å². The highest BCUT2D eigenvalue weighted by Crippen LogP contribution is 2.33. The zero-order valence-electron chi connectivity index (χ0n) is 11.3. The number of nitrogens with one attached hydrogen (secondary N) is 1. The summed E-state index contributed by atoms with van der Waals surface area (Å²) in [5, 5.41) is -0.530. The van der Waals surface area contributed by atoms with Crippen molar-refractivity contribution in [1.82, 2.24) is 4.98 Å². The molecule has 0 aliphatic carbocycles. The van der Waals surface area contributed by atoms with E-state index in [9.17, 15) is 8.42 Å². The monoisotopic (exact) mass is 273 g/mol. The molecule has 6 nitrogen and oxygen atoms in total. The van der Waals surface area contributed by atoms with Crippen molar-refractivity contribution in [2.24, 2.45) is 0 Å². The Labute approximate surface area is 108 Å². The van der Waals surface area contributed by atoms with Gasteiger partial charge in [0.25, 0.3) is 0 Å². The van der Waals surface area contributed by atoms with Crippen LogP contribution in [0.5, 0.6) is 5.88 Å². The molecule has 1 aromatic heterocycles. The molecule has 0 fully saturated rings. The minimum absolute atomic E-state index is 0.255. The van der Waals surface area contributed by atoms with E-state index in [4.69, 9.17) is 4.74 Å². The maximum atomic E-state index is 11.9. The number of anilines is 2. The van der Waals surface area contributed by atoms with E-state index in [1.807, 2.05) is 14.1 Å². The summed E-state index contributed by atoms with van der Waals surface area (Å²) in [5.74, 6) is 0.255. The summed E-state index contributed by atoms with van der Waals surface area (Å²) in [4.78, 5) is 5.80. The predicted molar refractivity (Wildman–Crippen MR) is 72.8 cm³/mol. The molecule has 0 atom stereocenters. The van der Waals surface area contributed by atoms with Gasteiger partial charge in [-0.05, 0) is 19.9 Å². The fraction of sp³-hybridized carbons (Fsp3) is 0.545. The Hall–Kier alpha value is -1.50. The lowest BCUT2D eigenvalue weighted by Crippen LogP contribution is -2.24. The molecule has 0 saturated heterocycles. The van der Waals surface area contributed by atoms with E-state index in [1.54, 1.807) is 31.0 Å². The van der Waals surface area contributed by atoms with Crippen LogP contribution in [0.3, 0.4) is 0 Å². The Morgan fingerprint density at radius 2 is 2.00 bits per heavy atom. The van der Waals surface area contributed by atoms with Crippen molar-refractivity contribution in [3.05, 3.63) is 12.3 Å². The molecule has 0 unspecified atom stereocenters. The van der Waals surface area contributed by atoms with Gasteiger partial charge in [0.05, 0.1) is 18.0 Å². The zero-order chi connectivity index (χ0) is 13.9. The first-order valence-electron chi connectivity index (χ1n) is 5.51. The maximum absolute atomic E-state index is 11.9. The quantitative estimate of drug-likeness (QED) is 0.875. The van der Waals surface area contributed by atoms with Gasteiger partial charge in [0.1, 0.15) is 5.69 Å². The van der Waals surface area contributed by atoms with Crippen LogP contribution in [0.2, 0.25) is 0 Å². The molecular weight excluding hydrogens is 254 g/mol. The van der Waals surface area contributed by atoms with Crippen LogP contribution < -0.4 is 14.4 Å². The first kappa shape index (κ1) is 14.6. The molecule has 0 amide bonds.